The molecule has 5 heteroatoms. The first kappa shape index (κ1) is 15.2. The molecule has 1 aromatic carbocycles. The Morgan fingerprint density at radius 2 is 2.04 bits per heavy atom. The van der Waals surface area contributed by atoms with Gasteiger partial charge in [0.05, 0.1) is 6.61 Å². The molecule has 0 bridgehead atoms. The molecule has 118 valence electrons. The molecule has 0 aliphatic carbocycles. The van der Waals surface area contributed by atoms with Crippen molar-refractivity contribution in [2.75, 3.05) is 25.1 Å². The van der Waals surface area contributed by atoms with Crippen LogP contribution in [0.15, 0.2) is 57.9 Å². The molecule has 0 fully saturated rings. The summed E-state index contributed by atoms with van der Waals surface area (Å²) in [5, 5.41) is 9.89. The van der Waals surface area contributed by atoms with Gasteiger partial charge in [-0.25, -0.2) is 9.36 Å². The first-order valence-corrected chi connectivity index (χ1v) is 7.45. The summed E-state index contributed by atoms with van der Waals surface area (Å²) in [5.41, 5.74) is 2.43. The minimum atomic E-state index is -0.360. The molecule has 23 heavy (non-hydrogen) atoms. The van der Waals surface area contributed by atoms with E-state index in [4.69, 9.17) is 9.52 Å². The van der Waals surface area contributed by atoms with Crippen molar-refractivity contribution >= 4 is 16.7 Å². The van der Waals surface area contributed by atoms with E-state index in [1.54, 1.807) is 0 Å². The highest BCUT2D eigenvalue weighted by atomic mass is 16.4. The van der Waals surface area contributed by atoms with Crippen molar-refractivity contribution in [2.45, 2.75) is 0 Å². The molecular formula is C18H19N2O3+. The van der Waals surface area contributed by atoms with E-state index in [-0.39, 0.29) is 12.2 Å². The third-order valence-electron chi connectivity index (χ3n) is 3.93. The number of pyridine rings is 1. The van der Waals surface area contributed by atoms with Crippen molar-refractivity contribution in [3.8, 4) is 11.3 Å². The largest absolute Gasteiger partial charge is 0.422 e. The molecule has 0 radical (unpaired) electrons. The van der Waals surface area contributed by atoms with E-state index in [0.717, 1.165) is 16.8 Å². The molecule has 5 nitrogen and oxygen atoms in total. The molecule has 0 saturated heterocycles. The lowest BCUT2D eigenvalue weighted by molar-refractivity contribution is -0.660. The molecule has 3 rings (SSSR count). The Balaban J connectivity index is 2.11. The lowest BCUT2D eigenvalue weighted by Crippen LogP contribution is -2.31. The number of hydrogen-bond donors (Lipinski definition) is 1. The second-order valence-corrected chi connectivity index (χ2v) is 5.51. The number of aryl methyl sites for hydroxylation is 1. The number of aromatic nitrogens is 1. The van der Waals surface area contributed by atoms with Gasteiger partial charge in [-0.05, 0) is 24.3 Å². The van der Waals surface area contributed by atoms with Crippen LogP contribution in [0.1, 0.15) is 0 Å². The zero-order valence-electron chi connectivity index (χ0n) is 13.2. The molecule has 2 heterocycles. The summed E-state index contributed by atoms with van der Waals surface area (Å²) in [6, 6.07) is 13.2. The summed E-state index contributed by atoms with van der Waals surface area (Å²) in [6.07, 6.45) is 1.89. The summed E-state index contributed by atoms with van der Waals surface area (Å²) in [5.74, 6) is 0. The number of aliphatic hydroxyl groups is 1. The average Bonchev–Trinajstić information content (AvgIpc) is 2.54. The fourth-order valence-electron chi connectivity index (χ4n) is 2.60. The Morgan fingerprint density at radius 1 is 1.22 bits per heavy atom. The number of fused-ring (bicyclic) bond motifs is 1. The van der Waals surface area contributed by atoms with E-state index in [0.29, 0.717) is 17.7 Å². The van der Waals surface area contributed by atoms with Crippen LogP contribution in [-0.4, -0.2) is 25.3 Å². The Bertz CT molecular complexity index is 902. The third-order valence-corrected chi connectivity index (χ3v) is 3.93. The molecule has 3 aromatic rings. The van der Waals surface area contributed by atoms with Crippen LogP contribution in [-0.2, 0) is 7.05 Å². The summed E-state index contributed by atoms with van der Waals surface area (Å²) < 4.78 is 7.40. The number of likely N-dealkylation sites (N-methyl/N-ethyl adjacent to an activating group) is 1. The van der Waals surface area contributed by atoms with Crippen LogP contribution in [0.5, 0.6) is 0 Å². The van der Waals surface area contributed by atoms with Gasteiger partial charge in [-0.1, -0.05) is 0 Å². The maximum atomic E-state index is 12.4. The molecule has 0 spiro atoms. The van der Waals surface area contributed by atoms with Gasteiger partial charge in [0.2, 0.25) is 5.69 Å². The van der Waals surface area contributed by atoms with E-state index < -0.39 is 0 Å². The van der Waals surface area contributed by atoms with Gasteiger partial charge in [-0.2, -0.15) is 0 Å². The maximum absolute atomic E-state index is 12.4. The van der Waals surface area contributed by atoms with Gasteiger partial charge in [0.25, 0.3) is 0 Å². The average molecular weight is 311 g/mol. The van der Waals surface area contributed by atoms with E-state index >= 15 is 0 Å². The van der Waals surface area contributed by atoms with Gasteiger partial charge in [-0.15, -0.1) is 0 Å². The molecule has 0 atom stereocenters. The SMILES string of the molecule is CN(CCO)c1ccc2cc(-c3cccc[n+]3C)c(=O)oc2c1. The summed E-state index contributed by atoms with van der Waals surface area (Å²) in [6.45, 7) is 0.593. The second kappa shape index (κ2) is 6.22. The van der Waals surface area contributed by atoms with Crippen LogP contribution in [0, 0.1) is 0 Å². The highest BCUT2D eigenvalue weighted by Gasteiger charge is 2.15. The number of anilines is 1. The van der Waals surface area contributed by atoms with Gasteiger partial charge in [0.1, 0.15) is 18.2 Å². The van der Waals surface area contributed by atoms with E-state index in [9.17, 15) is 4.79 Å². The van der Waals surface area contributed by atoms with Crippen LogP contribution in [0.4, 0.5) is 5.69 Å². The monoisotopic (exact) mass is 311 g/mol. The highest BCUT2D eigenvalue weighted by Crippen LogP contribution is 2.23. The van der Waals surface area contributed by atoms with Crippen molar-refractivity contribution in [1.29, 1.82) is 0 Å². The van der Waals surface area contributed by atoms with E-state index in [1.165, 1.54) is 0 Å². The van der Waals surface area contributed by atoms with Crippen LogP contribution in [0.25, 0.3) is 22.2 Å². The Morgan fingerprint density at radius 3 is 2.78 bits per heavy atom. The Labute approximate surface area is 134 Å². The topological polar surface area (TPSA) is 57.6 Å². The molecule has 0 aliphatic heterocycles. The predicted molar refractivity (Wildman–Crippen MR) is 89.5 cm³/mol. The molecule has 0 unspecified atom stereocenters. The quantitative estimate of drug-likeness (QED) is 0.589. The van der Waals surface area contributed by atoms with Gasteiger partial charge in [0.15, 0.2) is 6.20 Å². The van der Waals surface area contributed by atoms with Crippen molar-refractivity contribution in [2.24, 2.45) is 7.05 Å². The fourth-order valence-corrected chi connectivity index (χ4v) is 2.60. The molecule has 0 saturated carbocycles. The van der Waals surface area contributed by atoms with Crippen molar-refractivity contribution in [1.82, 2.24) is 0 Å². The fraction of sp³-hybridized carbons (Fsp3) is 0.222. The smallest absolute Gasteiger partial charge is 0.350 e. The van der Waals surface area contributed by atoms with Crippen molar-refractivity contribution < 1.29 is 14.1 Å². The highest BCUT2D eigenvalue weighted by molar-refractivity contribution is 5.83. The van der Waals surface area contributed by atoms with Gasteiger partial charge in [0, 0.05) is 42.9 Å². The summed E-state index contributed by atoms with van der Waals surface area (Å²) in [7, 11) is 3.78. The first-order valence-electron chi connectivity index (χ1n) is 7.45. The maximum Gasteiger partial charge on any atom is 0.350 e. The normalized spacial score (nSPS) is 10.9. The van der Waals surface area contributed by atoms with Crippen LogP contribution >= 0.6 is 0 Å². The first-order chi connectivity index (χ1) is 11.1. The zero-order valence-corrected chi connectivity index (χ0v) is 13.2. The third kappa shape index (κ3) is 2.96. The minimum absolute atomic E-state index is 0.0714. The van der Waals surface area contributed by atoms with Crippen molar-refractivity contribution in [3.05, 3.63) is 59.1 Å². The van der Waals surface area contributed by atoms with Gasteiger partial charge < -0.3 is 14.4 Å². The molecular weight excluding hydrogens is 292 g/mol. The predicted octanol–water partition coefficient (Wildman–Crippen LogP) is 1.71. The summed E-state index contributed by atoms with van der Waals surface area (Å²) >= 11 is 0. The molecule has 0 aliphatic rings. The molecule has 2 aromatic heterocycles. The minimum Gasteiger partial charge on any atom is -0.422 e. The number of rotatable bonds is 4. The van der Waals surface area contributed by atoms with Crippen LogP contribution in [0.3, 0.4) is 0 Å². The summed E-state index contributed by atoms with van der Waals surface area (Å²) in [4.78, 5) is 14.3. The van der Waals surface area contributed by atoms with E-state index in [2.05, 4.69) is 0 Å². The lowest BCUT2D eigenvalue weighted by Gasteiger charge is -2.17. The Hall–Kier alpha value is -2.66. The van der Waals surface area contributed by atoms with Crippen LogP contribution in [0.2, 0.25) is 0 Å². The molecule has 1 N–H and O–H groups in total. The number of aliphatic hydroxyl groups excluding tert-OH is 1. The zero-order chi connectivity index (χ0) is 16.4. The number of benzene rings is 1. The van der Waals surface area contributed by atoms with Crippen molar-refractivity contribution in [3.63, 3.8) is 0 Å². The van der Waals surface area contributed by atoms with Crippen LogP contribution < -0.4 is 15.1 Å². The van der Waals surface area contributed by atoms with Gasteiger partial charge in [-0.3, -0.25) is 0 Å². The number of hydrogen-bond acceptors (Lipinski definition) is 4. The second-order valence-electron chi connectivity index (χ2n) is 5.51. The Kier molecular flexibility index (Phi) is 4.12. The molecule has 0 amide bonds. The van der Waals surface area contributed by atoms with Gasteiger partial charge >= 0.3 is 5.63 Å². The lowest BCUT2D eigenvalue weighted by atomic mass is 10.1. The standard InChI is InChI=1S/C18H19N2O3/c1-19(9-10-21)14-7-6-13-11-15(18(22)23-17(13)12-14)16-5-3-4-8-20(16)2/h3-8,11-12,21H,9-10H2,1-2H3/q+1. The number of nitrogens with zero attached hydrogens (tertiary/aromatic N) is 2. The van der Waals surface area contributed by atoms with E-state index in [1.807, 2.05) is 72.2 Å².